The highest BCUT2D eigenvalue weighted by atomic mass is 16.1. The smallest absolute Gasteiger partial charge is 0.150 e. The van der Waals surface area contributed by atoms with Crippen LogP contribution < -0.4 is 15.8 Å². The van der Waals surface area contributed by atoms with E-state index in [0.29, 0.717) is 0 Å². The topological polar surface area (TPSA) is 44.4 Å². The molecule has 0 aliphatic heterocycles. The fourth-order valence-corrected chi connectivity index (χ4v) is 2.54. The van der Waals surface area contributed by atoms with E-state index >= 15 is 0 Å². The van der Waals surface area contributed by atoms with Gasteiger partial charge in [-0.3, -0.25) is 4.79 Å². The minimum Gasteiger partial charge on any atom is -0.372 e. The van der Waals surface area contributed by atoms with Crippen molar-refractivity contribution in [2.24, 2.45) is 0 Å². The fraction of sp³-hybridized carbons (Fsp3) is 0.174. The molecule has 0 saturated carbocycles. The molecule has 3 aromatic carbocycles. The molecule has 27 heavy (non-hydrogen) atoms. The van der Waals surface area contributed by atoms with Gasteiger partial charge in [0.15, 0.2) is 0 Å². The normalized spacial score (nSPS) is 9.56. The van der Waals surface area contributed by atoms with Gasteiger partial charge in [-0.2, -0.15) is 0 Å². The van der Waals surface area contributed by atoms with E-state index in [2.05, 4.69) is 29.6 Å². The first kappa shape index (κ1) is 20.0. The molecule has 0 amide bonds. The summed E-state index contributed by atoms with van der Waals surface area (Å²) >= 11 is 0. The van der Waals surface area contributed by atoms with Gasteiger partial charge in [0.2, 0.25) is 0 Å². The summed E-state index contributed by atoms with van der Waals surface area (Å²) in [6.07, 6.45) is 0.867. The molecule has 0 unspecified atom stereocenters. The molecule has 3 rings (SSSR count). The summed E-state index contributed by atoms with van der Waals surface area (Å²) in [7, 11) is 0. The average molecular weight is 361 g/mol. The van der Waals surface area contributed by atoms with Crippen molar-refractivity contribution in [1.29, 1.82) is 0 Å². The third-order valence-electron chi connectivity index (χ3n) is 4.06. The Balaban J connectivity index is 0.000000194. The molecule has 4 heteroatoms. The van der Waals surface area contributed by atoms with E-state index in [1.165, 1.54) is 5.69 Å². The van der Waals surface area contributed by atoms with Gasteiger partial charge in [0.1, 0.15) is 6.29 Å². The number of aldehydes is 1. The predicted molar refractivity (Wildman–Crippen MR) is 116 cm³/mol. The van der Waals surface area contributed by atoms with Crippen LogP contribution in [0.15, 0.2) is 84.9 Å². The monoisotopic (exact) mass is 361 g/mol. The Morgan fingerprint density at radius 1 is 0.704 bits per heavy atom. The highest BCUT2D eigenvalue weighted by Gasteiger charge is 2.00. The Morgan fingerprint density at radius 2 is 1.15 bits per heavy atom. The molecule has 0 aromatic heterocycles. The van der Waals surface area contributed by atoms with Crippen molar-refractivity contribution < 1.29 is 4.79 Å². The second kappa shape index (κ2) is 11.4. The highest BCUT2D eigenvalue weighted by Crippen LogP contribution is 2.13. The molecule has 0 heterocycles. The zero-order valence-corrected chi connectivity index (χ0v) is 15.9. The van der Waals surface area contributed by atoms with Crippen LogP contribution in [0.4, 0.5) is 17.1 Å². The standard InChI is InChI=1S/C12H12N2.C11H15NO/c1-3-7-11(8-4-1)13-14-12-9-5-2-6-10-12;1-3-12(4-2)11-7-5-10(9-13)6-8-11/h1-10,13-14H;5-9H,3-4H2,1-2H3. The van der Waals surface area contributed by atoms with Crippen LogP contribution >= 0.6 is 0 Å². The number of carbonyl (C=O) groups excluding carboxylic acids is 1. The van der Waals surface area contributed by atoms with Crippen molar-refractivity contribution in [3.8, 4) is 0 Å². The largest absolute Gasteiger partial charge is 0.372 e. The van der Waals surface area contributed by atoms with E-state index in [1.807, 2.05) is 84.9 Å². The molecular weight excluding hydrogens is 334 g/mol. The number of carbonyl (C=O) groups is 1. The van der Waals surface area contributed by atoms with Crippen LogP contribution in [0.1, 0.15) is 24.2 Å². The summed E-state index contributed by atoms with van der Waals surface area (Å²) in [6.45, 7) is 6.24. The quantitative estimate of drug-likeness (QED) is 0.432. The van der Waals surface area contributed by atoms with Crippen molar-refractivity contribution in [2.45, 2.75) is 13.8 Å². The Kier molecular flexibility index (Phi) is 8.44. The van der Waals surface area contributed by atoms with E-state index in [0.717, 1.165) is 36.3 Å². The number of rotatable bonds is 7. The molecule has 4 nitrogen and oxygen atoms in total. The summed E-state index contributed by atoms with van der Waals surface area (Å²) in [6, 6.07) is 27.7. The summed E-state index contributed by atoms with van der Waals surface area (Å²) in [4.78, 5) is 12.7. The minimum absolute atomic E-state index is 0.732. The Hall–Kier alpha value is -3.27. The van der Waals surface area contributed by atoms with E-state index in [9.17, 15) is 4.79 Å². The summed E-state index contributed by atoms with van der Waals surface area (Å²) in [5, 5.41) is 0. The summed E-state index contributed by atoms with van der Waals surface area (Å²) in [5.74, 6) is 0. The Bertz CT molecular complexity index is 730. The van der Waals surface area contributed by atoms with Gasteiger partial charge >= 0.3 is 0 Å². The molecule has 140 valence electrons. The van der Waals surface area contributed by atoms with Crippen LogP contribution in [0.25, 0.3) is 0 Å². The molecular formula is C23H27N3O. The lowest BCUT2D eigenvalue weighted by Crippen LogP contribution is -2.21. The number of benzene rings is 3. The first-order chi connectivity index (χ1) is 13.3. The maximum Gasteiger partial charge on any atom is 0.150 e. The van der Waals surface area contributed by atoms with Gasteiger partial charge in [0, 0.05) is 24.3 Å². The van der Waals surface area contributed by atoms with E-state index in [1.54, 1.807) is 0 Å². The van der Waals surface area contributed by atoms with Gasteiger partial charge in [0.25, 0.3) is 0 Å². The zero-order chi connectivity index (χ0) is 19.3. The number of hydrogen-bond donors (Lipinski definition) is 2. The lowest BCUT2D eigenvalue weighted by atomic mass is 10.2. The van der Waals surface area contributed by atoms with Crippen molar-refractivity contribution >= 4 is 23.3 Å². The van der Waals surface area contributed by atoms with Crippen LogP contribution in [0.5, 0.6) is 0 Å². The molecule has 0 atom stereocenters. The molecule has 2 N–H and O–H groups in total. The van der Waals surface area contributed by atoms with Crippen LogP contribution in [-0.2, 0) is 0 Å². The van der Waals surface area contributed by atoms with E-state index < -0.39 is 0 Å². The van der Waals surface area contributed by atoms with Gasteiger partial charge in [-0.05, 0) is 62.4 Å². The number of para-hydroxylation sites is 2. The number of nitrogens with one attached hydrogen (secondary N) is 2. The lowest BCUT2D eigenvalue weighted by molar-refractivity contribution is 0.112. The van der Waals surface area contributed by atoms with Crippen LogP contribution in [0, 0.1) is 0 Å². The molecule has 0 aliphatic rings. The molecule has 3 aromatic rings. The molecule has 0 fully saturated rings. The second-order valence-electron chi connectivity index (χ2n) is 5.86. The van der Waals surface area contributed by atoms with Gasteiger partial charge in [-0.15, -0.1) is 0 Å². The first-order valence-corrected chi connectivity index (χ1v) is 9.19. The number of anilines is 3. The third-order valence-corrected chi connectivity index (χ3v) is 4.06. The Labute approximate surface area is 161 Å². The lowest BCUT2D eigenvalue weighted by Gasteiger charge is -2.20. The second-order valence-corrected chi connectivity index (χ2v) is 5.86. The summed E-state index contributed by atoms with van der Waals surface area (Å²) < 4.78 is 0. The van der Waals surface area contributed by atoms with Gasteiger partial charge < -0.3 is 15.8 Å². The summed E-state index contributed by atoms with van der Waals surface area (Å²) in [5.41, 5.74) is 10.2. The highest BCUT2D eigenvalue weighted by molar-refractivity contribution is 5.75. The molecule has 0 radical (unpaired) electrons. The van der Waals surface area contributed by atoms with Crippen molar-refractivity contribution in [1.82, 2.24) is 0 Å². The molecule has 0 spiro atoms. The number of nitrogens with zero attached hydrogens (tertiary/aromatic N) is 1. The van der Waals surface area contributed by atoms with Crippen molar-refractivity contribution in [3.63, 3.8) is 0 Å². The van der Waals surface area contributed by atoms with E-state index in [4.69, 9.17) is 0 Å². The Morgan fingerprint density at radius 3 is 1.52 bits per heavy atom. The fourth-order valence-electron chi connectivity index (χ4n) is 2.54. The first-order valence-electron chi connectivity index (χ1n) is 9.19. The van der Waals surface area contributed by atoms with Crippen LogP contribution in [-0.4, -0.2) is 19.4 Å². The average Bonchev–Trinajstić information content (AvgIpc) is 2.75. The van der Waals surface area contributed by atoms with E-state index in [-0.39, 0.29) is 0 Å². The third kappa shape index (κ3) is 6.86. The zero-order valence-electron chi connectivity index (χ0n) is 15.9. The van der Waals surface area contributed by atoms with Gasteiger partial charge in [-0.1, -0.05) is 36.4 Å². The number of hydrazine groups is 1. The molecule has 0 aliphatic carbocycles. The number of hydrogen-bond acceptors (Lipinski definition) is 4. The van der Waals surface area contributed by atoms with Crippen molar-refractivity contribution in [3.05, 3.63) is 90.5 Å². The maximum absolute atomic E-state index is 10.4. The van der Waals surface area contributed by atoms with Crippen molar-refractivity contribution in [2.75, 3.05) is 28.8 Å². The van der Waals surface area contributed by atoms with Gasteiger partial charge in [0.05, 0.1) is 11.4 Å². The molecule has 0 bridgehead atoms. The van der Waals surface area contributed by atoms with Crippen LogP contribution in [0.2, 0.25) is 0 Å². The van der Waals surface area contributed by atoms with Gasteiger partial charge in [-0.25, -0.2) is 0 Å². The molecule has 0 saturated heterocycles. The SMILES string of the molecule is CCN(CC)c1ccc(C=O)cc1.c1ccc(NNc2ccccc2)cc1. The van der Waals surface area contributed by atoms with Crippen LogP contribution in [0.3, 0.4) is 0 Å². The predicted octanol–water partition coefficient (Wildman–Crippen LogP) is 5.47. The maximum atomic E-state index is 10.4. The minimum atomic E-state index is 0.732.